The Hall–Kier alpha value is -2.17. The number of hydrogen-bond donors (Lipinski definition) is 2. The minimum absolute atomic E-state index is 0.692. The van der Waals surface area contributed by atoms with Gasteiger partial charge in [0.15, 0.2) is 11.5 Å². The van der Waals surface area contributed by atoms with Crippen LogP contribution in [0, 0.1) is 6.92 Å². The molecule has 0 saturated heterocycles. The van der Waals surface area contributed by atoms with Gasteiger partial charge < -0.3 is 19.8 Å². The molecule has 0 bridgehead atoms. The molecule has 2 aromatic rings. The van der Waals surface area contributed by atoms with Gasteiger partial charge in [-0.2, -0.15) is 0 Å². The Labute approximate surface area is 112 Å². The lowest BCUT2D eigenvalue weighted by atomic mass is 10.1. The Bertz CT molecular complexity index is 592. The van der Waals surface area contributed by atoms with Crippen molar-refractivity contribution in [3.05, 3.63) is 23.9 Å². The molecule has 2 N–H and O–H groups in total. The Balaban J connectivity index is 2.01. The number of imidazole rings is 1. The van der Waals surface area contributed by atoms with Gasteiger partial charge in [0.2, 0.25) is 5.95 Å². The fraction of sp³-hybridized carbons (Fsp3) is 0.357. The molecule has 0 unspecified atom stereocenters. The minimum Gasteiger partial charge on any atom is -0.490 e. The first-order chi connectivity index (χ1) is 9.28. The molecular weight excluding hydrogens is 242 g/mol. The van der Waals surface area contributed by atoms with E-state index in [4.69, 9.17) is 9.47 Å². The van der Waals surface area contributed by atoms with Gasteiger partial charge in [-0.3, -0.25) is 0 Å². The maximum absolute atomic E-state index is 5.70. The molecule has 1 aromatic heterocycles. The largest absolute Gasteiger partial charge is 0.490 e. The van der Waals surface area contributed by atoms with Crippen molar-refractivity contribution >= 4 is 5.95 Å². The van der Waals surface area contributed by atoms with Gasteiger partial charge in [-0.05, 0) is 25.1 Å². The van der Waals surface area contributed by atoms with Crippen molar-refractivity contribution in [2.75, 3.05) is 25.6 Å². The maximum atomic E-state index is 5.70. The van der Waals surface area contributed by atoms with Gasteiger partial charge in [0.05, 0.1) is 18.9 Å². The molecule has 5 heteroatoms. The van der Waals surface area contributed by atoms with Gasteiger partial charge in [0.1, 0.15) is 0 Å². The van der Waals surface area contributed by atoms with Crippen molar-refractivity contribution in [2.24, 2.45) is 0 Å². The van der Waals surface area contributed by atoms with Crippen LogP contribution in [0.2, 0.25) is 0 Å². The van der Waals surface area contributed by atoms with E-state index in [0.717, 1.165) is 40.8 Å². The van der Waals surface area contributed by atoms with Gasteiger partial charge in [0.25, 0.3) is 0 Å². The van der Waals surface area contributed by atoms with E-state index in [0.29, 0.717) is 13.2 Å². The van der Waals surface area contributed by atoms with Crippen LogP contribution >= 0.6 is 0 Å². The third-order valence-electron chi connectivity index (χ3n) is 3.14. The summed E-state index contributed by atoms with van der Waals surface area (Å²) in [6, 6.07) is 5.95. The Morgan fingerprint density at radius 1 is 1.21 bits per heavy atom. The van der Waals surface area contributed by atoms with Gasteiger partial charge in [-0.25, -0.2) is 4.98 Å². The lowest BCUT2D eigenvalue weighted by Crippen LogP contribution is -1.97. The molecule has 0 fully saturated rings. The molecule has 1 aliphatic rings. The highest BCUT2D eigenvalue weighted by Gasteiger charge is 2.14. The number of benzene rings is 1. The molecule has 3 rings (SSSR count). The number of anilines is 1. The summed E-state index contributed by atoms with van der Waals surface area (Å²) in [5, 5.41) is 3.01. The van der Waals surface area contributed by atoms with Gasteiger partial charge in [0, 0.05) is 24.7 Å². The molecular formula is C14H17N3O2. The van der Waals surface area contributed by atoms with Crippen LogP contribution in [0.15, 0.2) is 18.2 Å². The van der Waals surface area contributed by atoms with E-state index in [1.165, 1.54) is 0 Å². The van der Waals surface area contributed by atoms with Crippen molar-refractivity contribution in [2.45, 2.75) is 13.3 Å². The third kappa shape index (κ3) is 2.23. The summed E-state index contributed by atoms with van der Waals surface area (Å²) < 4.78 is 11.3. The molecule has 0 atom stereocenters. The number of aryl methyl sites for hydroxylation is 1. The fourth-order valence-electron chi connectivity index (χ4n) is 2.17. The van der Waals surface area contributed by atoms with Gasteiger partial charge >= 0.3 is 0 Å². The first-order valence-corrected chi connectivity index (χ1v) is 6.42. The van der Waals surface area contributed by atoms with Gasteiger partial charge in [-0.15, -0.1) is 0 Å². The Kier molecular flexibility index (Phi) is 3.03. The van der Waals surface area contributed by atoms with Crippen LogP contribution in [0.3, 0.4) is 0 Å². The predicted octanol–water partition coefficient (Wildman–Crippen LogP) is 2.59. The molecule has 0 saturated carbocycles. The summed E-state index contributed by atoms with van der Waals surface area (Å²) in [5.74, 6) is 2.37. The SMILES string of the molecule is CNc1nc(-c2ccc3c(c2)OCCCO3)c(C)[nH]1. The van der Waals surface area contributed by atoms with Crippen molar-refractivity contribution in [3.8, 4) is 22.8 Å². The van der Waals surface area contributed by atoms with Crippen LogP contribution in [0.4, 0.5) is 5.95 Å². The molecule has 1 aliphatic heterocycles. The summed E-state index contributed by atoms with van der Waals surface area (Å²) in [4.78, 5) is 7.70. The standard InChI is InChI=1S/C14H17N3O2/c1-9-13(17-14(15-2)16-9)10-4-5-11-12(8-10)19-7-3-6-18-11/h4-5,8H,3,6-7H2,1-2H3,(H2,15,16,17). The fourth-order valence-corrected chi connectivity index (χ4v) is 2.17. The van der Waals surface area contributed by atoms with Crippen LogP contribution < -0.4 is 14.8 Å². The highest BCUT2D eigenvalue weighted by atomic mass is 16.5. The van der Waals surface area contributed by atoms with E-state index >= 15 is 0 Å². The van der Waals surface area contributed by atoms with Crippen molar-refractivity contribution in [3.63, 3.8) is 0 Å². The van der Waals surface area contributed by atoms with E-state index in [2.05, 4.69) is 15.3 Å². The topological polar surface area (TPSA) is 59.2 Å². The second kappa shape index (κ2) is 4.84. The van der Waals surface area contributed by atoms with Crippen LogP contribution in [-0.4, -0.2) is 30.2 Å². The van der Waals surface area contributed by atoms with E-state index in [9.17, 15) is 0 Å². The van der Waals surface area contributed by atoms with E-state index < -0.39 is 0 Å². The molecule has 100 valence electrons. The highest BCUT2D eigenvalue weighted by molar-refractivity contribution is 5.67. The zero-order chi connectivity index (χ0) is 13.2. The first-order valence-electron chi connectivity index (χ1n) is 6.42. The number of nitrogens with one attached hydrogen (secondary N) is 2. The number of nitrogens with zero attached hydrogens (tertiary/aromatic N) is 1. The number of rotatable bonds is 2. The monoisotopic (exact) mass is 259 g/mol. The van der Waals surface area contributed by atoms with Crippen molar-refractivity contribution < 1.29 is 9.47 Å². The molecule has 0 spiro atoms. The molecule has 0 amide bonds. The highest BCUT2D eigenvalue weighted by Crippen LogP contribution is 2.34. The molecule has 2 heterocycles. The average Bonchev–Trinajstić information content (AvgIpc) is 2.66. The lowest BCUT2D eigenvalue weighted by molar-refractivity contribution is 0.297. The minimum atomic E-state index is 0.692. The van der Waals surface area contributed by atoms with Crippen molar-refractivity contribution in [1.29, 1.82) is 0 Å². The molecule has 5 nitrogen and oxygen atoms in total. The molecule has 0 radical (unpaired) electrons. The Morgan fingerprint density at radius 3 is 2.74 bits per heavy atom. The summed E-state index contributed by atoms with van der Waals surface area (Å²) in [5.41, 5.74) is 2.98. The number of hydrogen-bond acceptors (Lipinski definition) is 4. The van der Waals surface area contributed by atoms with Gasteiger partial charge in [-0.1, -0.05) is 0 Å². The smallest absolute Gasteiger partial charge is 0.200 e. The number of H-pyrrole nitrogens is 1. The van der Waals surface area contributed by atoms with E-state index in [-0.39, 0.29) is 0 Å². The lowest BCUT2D eigenvalue weighted by Gasteiger charge is -2.08. The van der Waals surface area contributed by atoms with Crippen LogP contribution in [0.5, 0.6) is 11.5 Å². The first kappa shape index (κ1) is 11.9. The molecule has 0 aliphatic carbocycles. The summed E-state index contributed by atoms with van der Waals surface area (Å²) >= 11 is 0. The number of aromatic nitrogens is 2. The Morgan fingerprint density at radius 2 is 2.00 bits per heavy atom. The van der Waals surface area contributed by atoms with Crippen molar-refractivity contribution in [1.82, 2.24) is 9.97 Å². The zero-order valence-electron chi connectivity index (χ0n) is 11.1. The second-order valence-corrected chi connectivity index (χ2v) is 4.52. The van der Waals surface area contributed by atoms with Crippen LogP contribution in [-0.2, 0) is 0 Å². The van der Waals surface area contributed by atoms with Crippen LogP contribution in [0.1, 0.15) is 12.1 Å². The number of aromatic amines is 1. The number of fused-ring (bicyclic) bond motifs is 1. The predicted molar refractivity (Wildman–Crippen MR) is 73.9 cm³/mol. The van der Waals surface area contributed by atoms with E-state index in [1.54, 1.807) is 0 Å². The third-order valence-corrected chi connectivity index (χ3v) is 3.14. The maximum Gasteiger partial charge on any atom is 0.200 e. The average molecular weight is 259 g/mol. The summed E-state index contributed by atoms with van der Waals surface area (Å²) in [6.45, 7) is 3.40. The quantitative estimate of drug-likeness (QED) is 0.870. The molecule has 1 aromatic carbocycles. The molecule has 19 heavy (non-hydrogen) atoms. The number of ether oxygens (including phenoxy) is 2. The normalized spacial score (nSPS) is 14.0. The van der Waals surface area contributed by atoms with Crippen LogP contribution in [0.25, 0.3) is 11.3 Å². The van der Waals surface area contributed by atoms with E-state index in [1.807, 2.05) is 32.2 Å². The second-order valence-electron chi connectivity index (χ2n) is 4.52. The summed E-state index contributed by atoms with van der Waals surface area (Å²) in [6.07, 6.45) is 0.912. The summed E-state index contributed by atoms with van der Waals surface area (Å²) in [7, 11) is 1.84. The zero-order valence-corrected chi connectivity index (χ0v) is 11.1.